The lowest BCUT2D eigenvalue weighted by Gasteiger charge is -2.14. The number of primary amides is 1. The molecule has 124 valence electrons. The van der Waals surface area contributed by atoms with Gasteiger partial charge < -0.3 is 15.0 Å². The second-order valence-corrected chi connectivity index (χ2v) is 6.32. The van der Waals surface area contributed by atoms with Gasteiger partial charge in [-0.05, 0) is 24.5 Å². The second kappa shape index (κ2) is 8.01. The molecule has 1 heterocycles. The molecule has 0 bridgehead atoms. The largest absolute Gasteiger partial charge is 0.485 e. The summed E-state index contributed by atoms with van der Waals surface area (Å²) in [7, 11) is 0. The van der Waals surface area contributed by atoms with Crippen LogP contribution in [0.25, 0.3) is 0 Å². The summed E-state index contributed by atoms with van der Waals surface area (Å²) in [5, 5.41) is 8.97. The molecule has 1 aromatic heterocycles. The van der Waals surface area contributed by atoms with Crippen molar-refractivity contribution in [2.24, 2.45) is 5.73 Å². The molecule has 0 saturated carbocycles. The average Bonchev–Trinajstić information content (AvgIpc) is 2.93. The van der Waals surface area contributed by atoms with Crippen LogP contribution in [0.5, 0.6) is 5.75 Å². The fraction of sp³-hybridized carbons (Fsp3) is 0.438. The fourth-order valence-corrected chi connectivity index (χ4v) is 2.98. The highest BCUT2D eigenvalue weighted by Gasteiger charge is 2.14. The number of para-hydroxylation sites is 1. The van der Waals surface area contributed by atoms with Gasteiger partial charge in [0, 0.05) is 6.54 Å². The van der Waals surface area contributed by atoms with Crippen molar-refractivity contribution in [3.05, 3.63) is 35.7 Å². The Bertz CT molecular complexity index is 670. The number of amides is 1. The lowest BCUT2D eigenvalue weighted by atomic mass is 10.0. The number of hydrogen-bond donors (Lipinski definition) is 1. The maximum atomic E-state index is 10.9. The monoisotopic (exact) mass is 334 g/mol. The summed E-state index contributed by atoms with van der Waals surface area (Å²) in [5.74, 6) is 1.80. The number of carbonyl (C=O) groups excluding carboxylic acids is 1. The van der Waals surface area contributed by atoms with E-state index in [2.05, 4.69) is 30.1 Å². The molecule has 1 amide bonds. The molecule has 7 heteroatoms. The van der Waals surface area contributed by atoms with Gasteiger partial charge in [-0.15, -0.1) is 10.2 Å². The van der Waals surface area contributed by atoms with Crippen molar-refractivity contribution < 1.29 is 9.53 Å². The molecule has 0 atom stereocenters. The smallest absolute Gasteiger partial charge is 0.227 e. The molecule has 23 heavy (non-hydrogen) atoms. The summed E-state index contributed by atoms with van der Waals surface area (Å²) >= 11 is 1.29. The van der Waals surface area contributed by atoms with Crippen LogP contribution in [0.4, 0.5) is 0 Å². The molecule has 0 unspecified atom stereocenters. The van der Waals surface area contributed by atoms with Crippen LogP contribution in [0.15, 0.2) is 29.4 Å². The van der Waals surface area contributed by atoms with Gasteiger partial charge >= 0.3 is 0 Å². The van der Waals surface area contributed by atoms with E-state index in [0.29, 0.717) is 24.2 Å². The zero-order valence-electron chi connectivity index (χ0n) is 13.7. The van der Waals surface area contributed by atoms with E-state index < -0.39 is 0 Å². The Morgan fingerprint density at radius 3 is 2.74 bits per heavy atom. The third kappa shape index (κ3) is 4.48. The van der Waals surface area contributed by atoms with Gasteiger partial charge in [0.25, 0.3) is 0 Å². The first-order chi connectivity index (χ1) is 11.0. The van der Waals surface area contributed by atoms with Crippen molar-refractivity contribution in [3.63, 3.8) is 0 Å². The van der Waals surface area contributed by atoms with Gasteiger partial charge in [-0.1, -0.05) is 43.8 Å². The van der Waals surface area contributed by atoms with Gasteiger partial charge in [0.1, 0.15) is 12.4 Å². The van der Waals surface area contributed by atoms with Crippen LogP contribution in [0.2, 0.25) is 0 Å². The normalized spacial score (nSPS) is 11.0. The number of rotatable bonds is 8. The van der Waals surface area contributed by atoms with Crippen LogP contribution in [0.1, 0.15) is 38.1 Å². The van der Waals surface area contributed by atoms with Crippen LogP contribution in [0.3, 0.4) is 0 Å². The number of thioether (sulfide) groups is 1. The average molecular weight is 334 g/mol. The first-order valence-corrected chi connectivity index (χ1v) is 8.56. The molecule has 1 aromatic carbocycles. The van der Waals surface area contributed by atoms with E-state index in [0.717, 1.165) is 11.6 Å². The van der Waals surface area contributed by atoms with Gasteiger partial charge in [0.15, 0.2) is 11.0 Å². The van der Waals surface area contributed by atoms with Crippen molar-refractivity contribution in [1.29, 1.82) is 0 Å². The standard InChI is InChI=1S/C16H22N4O2S/c1-4-20-15(18-19-16(20)23-10-14(17)21)9-22-13-8-6-5-7-12(13)11(2)3/h5-8,11H,4,9-10H2,1-3H3,(H2,17,21). The van der Waals surface area contributed by atoms with Gasteiger partial charge in [-0.3, -0.25) is 4.79 Å². The Kier molecular flexibility index (Phi) is 6.04. The number of nitrogens with two attached hydrogens (primary N) is 1. The van der Waals surface area contributed by atoms with Gasteiger partial charge in [-0.2, -0.15) is 0 Å². The Hall–Kier alpha value is -2.02. The minimum Gasteiger partial charge on any atom is -0.485 e. The minimum atomic E-state index is -0.371. The molecule has 0 spiro atoms. The minimum absolute atomic E-state index is 0.190. The first kappa shape index (κ1) is 17.3. The molecule has 0 aliphatic carbocycles. The van der Waals surface area contributed by atoms with Crippen molar-refractivity contribution in [2.75, 3.05) is 5.75 Å². The highest BCUT2D eigenvalue weighted by molar-refractivity contribution is 7.99. The second-order valence-electron chi connectivity index (χ2n) is 5.38. The third-order valence-electron chi connectivity index (χ3n) is 3.35. The topological polar surface area (TPSA) is 83.0 Å². The summed E-state index contributed by atoms with van der Waals surface area (Å²) in [6.07, 6.45) is 0. The maximum absolute atomic E-state index is 10.9. The summed E-state index contributed by atoms with van der Waals surface area (Å²) < 4.78 is 7.88. The number of nitrogens with zero attached hydrogens (tertiary/aromatic N) is 3. The Morgan fingerprint density at radius 2 is 2.09 bits per heavy atom. The third-order valence-corrected chi connectivity index (χ3v) is 4.34. The fourth-order valence-electron chi connectivity index (χ4n) is 2.22. The number of benzene rings is 1. The highest BCUT2D eigenvalue weighted by atomic mass is 32.2. The molecule has 6 nitrogen and oxygen atoms in total. The SMILES string of the molecule is CCn1c(COc2ccccc2C(C)C)nnc1SCC(N)=O. The van der Waals surface area contributed by atoms with Gasteiger partial charge in [-0.25, -0.2) is 0 Å². The molecule has 2 N–H and O–H groups in total. The maximum Gasteiger partial charge on any atom is 0.227 e. The van der Waals surface area contributed by atoms with Gasteiger partial charge in [0.2, 0.25) is 5.91 Å². The Labute approximate surface area is 140 Å². The molecule has 0 fully saturated rings. The summed E-state index contributed by atoms with van der Waals surface area (Å²) in [5.41, 5.74) is 6.34. The lowest BCUT2D eigenvalue weighted by molar-refractivity contribution is -0.115. The summed E-state index contributed by atoms with van der Waals surface area (Å²) in [4.78, 5) is 10.9. The van der Waals surface area contributed by atoms with Crippen LogP contribution in [0, 0.1) is 0 Å². The molecule has 0 radical (unpaired) electrons. The van der Waals surface area contributed by atoms with E-state index in [1.165, 1.54) is 17.3 Å². The number of hydrogen-bond acceptors (Lipinski definition) is 5. The van der Waals surface area contributed by atoms with E-state index in [1.54, 1.807) is 0 Å². The van der Waals surface area contributed by atoms with Crippen LogP contribution in [-0.4, -0.2) is 26.4 Å². The van der Waals surface area contributed by atoms with Gasteiger partial charge in [0.05, 0.1) is 5.75 Å². The molecular formula is C16H22N4O2S. The van der Waals surface area contributed by atoms with Crippen LogP contribution in [-0.2, 0) is 17.9 Å². The first-order valence-electron chi connectivity index (χ1n) is 7.57. The van der Waals surface area contributed by atoms with E-state index in [-0.39, 0.29) is 11.7 Å². The zero-order chi connectivity index (χ0) is 16.8. The lowest BCUT2D eigenvalue weighted by Crippen LogP contribution is -2.14. The molecule has 2 aromatic rings. The summed E-state index contributed by atoms with van der Waals surface area (Å²) in [6, 6.07) is 8.00. The van der Waals surface area contributed by atoms with Crippen LogP contribution < -0.4 is 10.5 Å². The Balaban J connectivity index is 2.10. The number of aromatic nitrogens is 3. The zero-order valence-corrected chi connectivity index (χ0v) is 14.5. The molecule has 0 saturated heterocycles. The quantitative estimate of drug-likeness (QED) is 0.750. The van der Waals surface area contributed by atoms with Crippen molar-refractivity contribution in [1.82, 2.24) is 14.8 Å². The van der Waals surface area contributed by atoms with E-state index >= 15 is 0 Å². The number of carbonyl (C=O) groups is 1. The van der Waals surface area contributed by atoms with E-state index in [9.17, 15) is 4.79 Å². The van der Waals surface area contributed by atoms with Crippen molar-refractivity contribution >= 4 is 17.7 Å². The van der Waals surface area contributed by atoms with Crippen molar-refractivity contribution in [3.8, 4) is 5.75 Å². The molecule has 0 aliphatic heterocycles. The van der Waals surface area contributed by atoms with Crippen LogP contribution >= 0.6 is 11.8 Å². The molecular weight excluding hydrogens is 312 g/mol. The summed E-state index contributed by atoms with van der Waals surface area (Å²) in [6.45, 7) is 7.31. The molecule has 2 rings (SSSR count). The molecule has 0 aliphatic rings. The Morgan fingerprint density at radius 1 is 1.35 bits per heavy atom. The number of ether oxygens (including phenoxy) is 1. The van der Waals surface area contributed by atoms with E-state index in [4.69, 9.17) is 10.5 Å². The predicted octanol–water partition coefficient (Wildman–Crippen LogP) is 2.58. The van der Waals surface area contributed by atoms with Crippen molar-refractivity contribution in [2.45, 2.75) is 45.0 Å². The predicted molar refractivity (Wildman–Crippen MR) is 90.5 cm³/mol. The highest BCUT2D eigenvalue weighted by Crippen LogP contribution is 2.26. The van der Waals surface area contributed by atoms with E-state index in [1.807, 2.05) is 29.7 Å².